The van der Waals surface area contributed by atoms with Crippen LogP contribution in [0.25, 0.3) is 0 Å². The summed E-state index contributed by atoms with van der Waals surface area (Å²) in [4.78, 5) is 1.46. The third-order valence-corrected chi connectivity index (χ3v) is 6.65. The van der Waals surface area contributed by atoms with Gasteiger partial charge in [0.2, 0.25) is 10.0 Å². The molecule has 7 heteroatoms. The number of nitrogens with one attached hydrogen (secondary N) is 2. The Morgan fingerprint density at radius 1 is 1.53 bits per heavy atom. The molecule has 1 aromatic heterocycles. The topological polar surface area (TPSA) is 58.2 Å². The second-order valence-corrected chi connectivity index (χ2v) is 9.60. The van der Waals surface area contributed by atoms with E-state index in [0.717, 1.165) is 12.8 Å². The Kier molecular flexibility index (Phi) is 5.65. The van der Waals surface area contributed by atoms with Gasteiger partial charge in [-0.3, -0.25) is 0 Å². The van der Waals surface area contributed by atoms with Gasteiger partial charge in [-0.2, -0.15) is 0 Å². The van der Waals surface area contributed by atoms with Crippen molar-refractivity contribution < 1.29 is 8.42 Å². The van der Waals surface area contributed by atoms with Crippen LogP contribution in [0.3, 0.4) is 0 Å². The Morgan fingerprint density at radius 3 is 3.05 bits per heavy atom. The molecule has 0 amide bonds. The van der Waals surface area contributed by atoms with Crippen molar-refractivity contribution in [2.75, 3.05) is 18.8 Å². The average Bonchev–Trinajstić information content (AvgIpc) is 2.70. The zero-order chi connectivity index (χ0) is 13.9. The molecule has 0 radical (unpaired) electrons. The molecule has 1 heterocycles. The number of halogens is 1. The first-order valence-corrected chi connectivity index (χ1v) is 10.1. The summed E-state index contributed by atoms with van der Waals surface area (Å²) in [5.74, 6) is 0.147. The summed E-state index contributed by atoms with van der Waals surface area (Å²) in [6.45, 7) is 2.76. The maximum absolute atomic E-state index is 11.6. The minimum atomic E-state index is -3.12. The van der Waals surface area contributed by atoms with E-state index in [0.29, 0.717) is 19.1 Å². The zero-order valence-corrected chi connectivity index (χ0v) is 14.7. The van der Waals surface area contributed by atoms with Crippen LogP contribution in [-0.2, 0) is 16.4 Å². The molecule has 0 saturated heterocycles. The van der Waals surface area contributed by atoms with Gasteiger partial charge in [0.25, 0.3) is 0 Å². The molecule has 4 nitrogen and oxygen atoms in total. The first-order chi connectivity index (χ1) is 9.02. The summed E-state index contributed by atoms with van der Waals surface area (Å²) in [5.41, 5.74) is 1.38. The van der Waals surface area contributed by atoms with Gasteiger partial charge in [-0.1, -0.05) is 6.92 Å². The van der Waals surface area contributed by atoms with Crippen LogP contribution in [0.15, 0.2) is 6.07 Å². The number of aryl methyl sites for hydroxylation is 1. The van der Waals surface area contributed by atoms with Gasteiger partial charge in [-0.25, -0.2) is 13.1 Å². The average molecular weight is 414 g/mol. The van der Waals surface area contributed by atoms with Gasteiger partial charge in [-0.05, 0) is 53.5 Å². The summed E-state index contributed by atoms with van der Waals surface area (Å²) < 4.78 is 27.0. The van der Waals surface area contributed by atoms with Crippen LogP contribution in [-0.4, -0.2) is 27.3 Å². The third kappa shape index (κ3) is 4.38. The fraction of sp³-hybridized carbons (Fsp3) is 0.667. The number of rotatable bonds is 6. The second-order valence-electron chi connectivity index (χ2n) is 4.64. The van der Waals surface area contributed by atoms with E-state index in [9.17, 15) is 8.42 Å². The molecular weight excluding hydrogens is 395 g/mol. The van der Waals surface area contributed by atoms with Crippen molar-refractivity contribution >= 4 is 44.0 Å². The van der Waals surface area contributed by atoms with Crippen LogP contribution in [0.4, 0.5) is 0 Å². The summed E-state index contributed by atoms with van der Waals surface area (Å²) in [6.07, 6.45) is 3.44. The molecule has 2 rings (SSSR count). The lowest BCUT2D eigenvalue weighted by Gasteiger charge is -2.23. The highest BCUT2D eigenvalue weighted by molar-refractivity contribution is 14.1. The lowest BCUT2D eigenvalue weighted by atomic mass is 9.94. The maximum Gasteiger partial charge on any atom is 0.212 e. The van der Waals surface area contributed by atoms with Gasteiger partial charge in [-0.15, -0.1) is 11.3 Å². The standard InChI is InChI=1S/C12H19IN2O2S2/c1-2-15-19(16,17)7-6-14-10-4-3-5-11-9(10)8-12(13)18-11/h8,10,14-15H,2-7H2,1H3. The van der Waals surface area contributed by atoms with Crippen molar-refractivity contribution in [3.8, 4) is 0 Å². The highest BCUT2D eigenvalue weighted by Gasteiger charge is 2.22. The molecule has 0 fully saturated rings. The molecule has 2 N–H and O–H groups in total. The zero-order valence-electron chi connectivity index (χ0n) is 10.9. The number of fused-ring (bicyclic) bond motifs is 1. The van der Waals surface area contributed by atoms with Gasteiger partial charge in [0, 0.05) is 24.0 Å². The van der Waals surface area contributed by atoms with Crippen LogP contribution in [0.2, 0.25) is 0 Å². The normalized spacial score (nSPS) is 19.4. The van der Waals surface area contributed by atoms with E-state index in [1.54, 1.807) is 6.92 Å². The van der Waals surface area contributed by atoms with Gasteiger partial charge in [0.15, 0.2) is 0 Å². The molecule has 1 aromatic rings. The smallest absolute Gasteiger partial charge is 0.212 e. The number of hydrogen-bond acceptors (Lipinski definition) is 4. The first kappa shape index (κ1) is 15.7. The summed E-state index contributed by atoms with van der Waals surface area (Å²) in [7, 11) is -3.12. The molecule has 19 heavy (non-hydrogen) atoms. The van der Waals surface area contributed by atoms with Crippen LogP contribution >= 0.6 is 33.9 Å². The van der Waals surface area contributed by atoms with Crippen molar-refractivity contribution in [2.45, 2.75) is 32.2 Å². The van der Waals surface area contributed by atoms with Crippen LogP contribution in [0.1, 0.15) is 36.2 Å². The second kappa shape index (κ2) is 6.84. The largest absolute Gasteiger partial charge is 0.309 e. The highest BCUT2D eigenvalue weighted by Crippen LogP contribution is 2.36. The highest BCUT2D eigenvalue weighted by atomic mass is 127. The van der Waals surface area contributed by atoms with Crippen LogP contribution in [0.5, 0.6) is 0 Å². The molecule has 0 aliphatic heterocycles. The van der Waals surface area contributed by atoms with E-state index in [-0.39, 0.29) is 5.75 Å². The Morgan fingerprint density at radius 2 is 2.32 bits per heavy atom. The molecule has 0 bridgehead atoms. The van der Waals surface area contributed by atoms with E-state index in [2.05, 4.69) is 38.7 Å². The van der Waals surface area contributed by atoms with E-state index in [4.69, 9.17) is 0 Å². The Bertz CT molecular complexity index is 528. The van der Waals surface area contributed by atoms with Gasteiger partial charge in [0.05, 0.1) is 8.64 Å². The van der Waals surface area contributed by atoms with Crippen LogP contribution < -0.4 is 10.0 Å². The molecule has 1 aliphatic rings. The summed E-state index contributed by atoms with van der Waals surface area (Å²) in [5, 5.41) is 3.39. The Labute approximate surface area is 132 Å². The SMILES string of the molecule is CCNS(=O)(=O)CCNC1CCCc2sc(I)cc21. The van der Waals surface area contributed by atoms with E-state index < -0.39 is 10.0 Å². The fourth-order valence-electron chi connectivity index (χ4n) is 2.39. The predicted octanol–water partition coefficient (Wildman–Crippen LogP) is 2.26. The van der Waals surface area contributed by atoms with E-state index in [1.165, 1.54) is 19.7 Å². The molecule has 0 aromatic carbocycles. The minimum absolute atomic E-state index is 0.147. The summed E-state index contributed by atoms with van der Waals surface area (Å²) in [6, 6.07) is 2.55. The molecule has 1 aliphatic carbocycles. The van der Waals surface area contributed by atoms with Gasteiger partial charge >= 0.3 is 0 Å². The van der Waals surface area contributed by atoms with Crippen molar-refractivity contribution in [2.24, 2.45) is 0 Å². The quantitative estimate of drug-likeness (QED) is 0.703. The van der Waals surface area contributed by atoms with Crippen molar-refractivity contribution in [1.29, 1.82) is 0 Å². The predicted molar refractivity (Wildman–Crippen MR) is 88.2 cm³/mol. The van der Waals surface area contributed by atoms with Gasteiger partial charge in [0.1, 0.15) is 0 Å². The van der Waals surface area contributed by atoms with Crippen molar-refractivity contribution in [3.05, 3.63) is 19.4 Å². The Balaban J connectivity index is 1.91. The van der Waals surface area contributed by atoms with Crippen molar-refractivity contribution in [3.63, 3.8) is 0 Å². The number of sulfonamides is 1. The molecular formula is C12H19IN2O2S2. The lowest BCUT2D eigenvalue weighted by molar-refractivity contribution is 0.474. The molecule has 108 valence electrons. The minimum Gasteiger partial charge on any atom is -0.309 e. The van der Waals surface area contributed by atoms with E-state index >= 15 is 0 Å². The van der Waals surface area contributed by atoms with Crippen molar-refractivity contribution in [1.82, 2.24) is 10.0 Å². The summed E-state index contributed by atoms with van der Waals surface area (Å²) >= 11 is 4.21. The lowest BCUT2D eigenvalue weighted by Crippen LogP contribution is -2.34. The monoisotopic (exact) mass is 414 g/mol. The van der Waals surface area contributed by atoms with E-state index in [1.807, 2.05) is 11.3 Å². The Hall–Kier alpha value is 0.300. The molecule has 1 atom stereocenters. The number of hydrogen-bond donors (Lipinski definition) is 2. The van der Waals surface area contributed by atoms with Crippen LogP contribution in [0, 0.1) is 2.88 Å². The number of thiophene rings is 1. The molecule has 1 unspecified atom stereocenters. The maximum atomic E-state index is 11.6. The van der Waals surface area contributed by atoms with Gasteiger partial charge < -0.3 is 5.32 Å². The molecule has 0 saturated carbocycles. The third-order valence-electron chi connectivity index (χ3n) is 3.21. The fourth-order valence-corrected chi connectivity index (χ4v) is 5.48. The first-order valence-electron chi connectivity index (χ1n) is 6.50. The molecule has 0 spiro atoms.